The average Bonchev–Trinajstić information content (AvgIpc) is 2.43. The highest BCUT2D eigenvalue weighted by Gasteiger charge is 2.27. The third-order valence-electron chi connectivity index (χ3n) is 3.65. The summed E-state index contributed by atoms with van der Waals surface area (Å²) < 4.78 is 10.4. The van der Waals surface area contributed by atoms with Crippen LogP contribution in [0.5, 0.6) is 5.75 Å². The minimum absolute atomic E-state index is 0.0907. The van der Waals surface area contributed by atoms with Crippen LogP contribution < -0.4 is 10.1 Å². The molecule has 25 heavy (non-hydrogen) atoms. The van der Waals surface area contributed by atoms with Crippen molar-refractivity contribution in [2.75, 3.05) is 13.2 Å². The maximum absolute atomic E-state index is 12.0. The molecular formula is C20H31NO4. The van der Waals surface area contributed by atoms with Gasteiger partial charge < -0.3 is 14.8 Å². The number of esters is 1. The third kappa shape index (κ3) is 8.57. The van der Waals surface area contributed by atoms with Gasteiger partial charge in [0.05, 0.1) is 0 Å². The Morgan fingerprint density at radius 1 is 1.00 bits per heavy atom. The van der Waals surface area contributed by atoms with Crippen LogP contribution in [-0.4, -0.2) is 30.6 Å². The normalized spacial score (nSPS) is 11.8. The van der Waals surface area contributed by atoms with Gasteiger partial charge in [0.1, 0.15) is 5.75 Å². The first-order valence-corrected chi connectivity index (χ1v) is 8.55. The van der Waals surface area contributed by atoms with Gasteiger partial charge in [0.25, 0.3) is 5.91 Å². The summed E-state index contributed by atoms with van der Waals surface area (Å²) in [6.07, 6.45) is 0.815. The minimum atomic E-state index is -0.568. The highest BCUT2D eigenvalue weighted by Crippen LogP contribution is 2.26. The summed E-state index contributed by atoms with van der Waals surface area (Å²) in [6, 6.07) is 5.60. The number of ether oxygens (including phenoxy) is 2. The molecule has 0 bridgehead atoms. The van der Waals surface area contributed by atoms with Crippen molar-refractivity contribution in [2.24, 2.45) is 5.41 Å². The molecule has 1 aromatic rings. The number of carbonyl (C=O) groups is 2. The van der Waals surface area contributed by atoms with Gasteiger partial charge in [-0.3, -0.25) is 4.79 Å². The van der Waals surface area contributed by atoms with Crippen LogP contribution in [0.1, 0.15) is 52.2 Å². The molecule has 0 aromatic heterocycles. The van der Waals surface area contributed by atoms with Gasteiger partial charge in [-0.1, -0.05) is 26.8 Å². The predicted molar refractivity (Wildman–Crippen MR) is 98.7 cm³/mol. The summed E-state index contributed by atoms with van der Waals surface area (Å²) in [5, 5.41) is 2.90. The molecule has 5 nitrogen and oxygen atoms in total. The average molecular weight is 349 g/mol. The number of amides is 1. The number of benzene rings is 1. The van der Waals surface area contributed by atoms with Crippen molar-refractivity contribution in [3.8, 4) is 5.75 Å². The molecule has 0 radical (unpaired) electrons. The summed E-state index contributed by atoms with van der Waals surface area (Å²) in [6.45, 7) is 13.7. The number of hydrogen-bond donors (Lipinski definition) is 1. The molecule has 1 rings (SSSR count). The van der Waals surface area contributed by atoms with Crippen LogP contribution in [0, 0.1) is 19.3 Å². The lowest BCUT2D eigenvalue weighted by Crippen LogP contribution is -2.47. The molecule has 5 heteroatoms. The number of nitrogens with one attached hydrogen (secondary N) is 1. The van der Waals surface area contributed by atoms with E-state index in [1.807, 2.05) is 39.8 Å². The fourth-order valence-electron chi connectivity index (χ4n) is 2.92. The van der Waals surface area contributed by atoms with Gasteiger partial charge in [-0.25, -0.2) is 4.79 Å². The molecule has 0 atom stereocenters. The van der Waals surface area contributed by atoms with Crippen LogP contribution in [0.4, 0.5) is 0 Å². The van der Waals surface area contributed by atoms with Gasteiger partial charge >= 0.3 is 5.97 Å². The standard InChI is InChI=1S/C20H31NO4/c1-14-8-9-16(10-15(14)2)24-12-18(23)25-11-17(22)21-20(6,7)13-19(3,4)5/h8-10H,11-13H2,1-7H3,(H,21,22). The number of aryl methyl sites for hydroxylation is 2. The summed E-state index contributed by atoms with van der Waals surface area (Å²) in [7, 11) is 0. The molecule has 0 heterocycles. The van der Waals surface area contributed by atoms with E-state index in [-0.39, 0.29) is 30.1 Å². The molecule has 0 saturated carbocycles. The van der Waals surface area contributed by atoms with E-state index < -0.39 is 5.97 Å². The van der Waals surface area contributed by atoms with Crippen LogP contribution >= 0.6 is 0 Å². The molecule has 140 valence electrons. The van der Waals surface area contributed by atoms with E-state index >= 15 is 0 Å². The Bertz CT molecular complexity index is 615. The minimum Gasteiger partial charge on any atom is -0.482 e. The van der Waals surface area contributed by atoms with Crippen molar-refractivity contribution < 1.29 is 19.1 Å². The van der Waals surface area contributed by atoms with E-state index in [0.717, 1.165) is 17.5 Å². The zero-order valence-corrected chi connectivity index (χ0v) is 16.5. The maximum atomic E-state index is 12.0. The summed E-state index contributed by atoms with van der Waals surface area (Å²) in [4.78, 5) is 23.7. The molecule has 0 aliphatic rings. The van der Waals surface area contributed by atoms with E-state index in [4.69, 9.17) is 9.47 Å². The van der Waals surface area contributed by atoms with Crippen molar-refractivity contribution >= 4 is 11.9 Å². The van der Waals surface area contributed by atoms with Crippen LogP contribution in [-0.2, 0) is 14.3 Å². The molecule has 0 aliphatic heterocycles. The number of carbonyl (C=O) groups excluding carboxylic acids is 2. The fraction of sp³-hybridized carbons (Fsp3) is 0.600. The van der Waals surface area contributed by atoms with Crippen molar-refractivity contribution in [2.45, 2.75) is 60.4 Å². The van der Waals surface area contributed by atoms with Crippen molar-refractivity contribution in [1.82, 2.24) is 5.32 Å². The Balaban J connectivity index is 2.38. The molecule has 0 unspecified atom stereocenters. The van der Waals surface area contributed by atoms with Crippen molar-refractivity contribution in [3.05, 3.63) is 29.3 Å². The van der Waals surface area contributed by atoms with Gasteiger partial charge in [-0.15, -0.1) is 0 Å². The highest BCUT2D eigenvalue weighted by atomic mass is 16.6. The SMILES string of the molecule is Cc1ccc(OCC(=O)OCC(=O)NC(C)(C)CC(C)(C)C)cc1C. The lowest BCUT2D eigenvalue weighted by atomic mass is 9.82. The molecule has 0 spiro atoms. The predicted octanol–water partition coefficient (Wildman–Crippen LogP) is 3.56. The van der Waals surface area contributed by atoms with Crippen LogP contribution in [0.2, 0.25) is 0 Å². The zero-order chi connectivity index (χ0) is 19.3. The first-order valence-electron chi connectivity index (χ1n) is 8.55. The quantitative estimate of drug-likeness (QED) is 0.765. The summed E-state index contributed by atoms with van der Waals surface area (Å²) in [5.41, 5.74) is 1.97. The van der Waals surface area contributed by atoms with E-state index in [1.54, 1.807) is 6.07 Å². The number of rotatable bonds is 7. The van der Waals surface area contributed by atoms with Crippen LogP contribution in [0.15, 0.2) is 18.2 Å². The Morgan fingerprint density at radius 2 is 1.64 bits per heavy atom. The zero-order valence-electron chi connectivity index (χ0n) is 16.5. The Kier molecular flexibility index (Phi) is 7.03. The van der Waals surface area contributed by atoms with E-state index in [2.05, 4.69) is 26.1 Å². The smallest absolute Gasteiger partial charge is 0.344 e. The monoisotopic (exact) mass is 349 g/mol. The Labute approximate surface area is 151 Å². The topological polar surface area (TPSA) is 64.6 Å². The second-order valence-electron chi connectivity index (χ2n) is 8.36. The molecule has 1 aromatic carbocycles. The molecular weight excluding hydrogens is 318 g/mol. The lowest BCUT2D eigenvalue weighted by molar-refractivity contribution is -0.151. The number of hydrogen-bond acceptors (Lipinski definition) is 4. The molecule has 0 fully saturated rings. The third-order valence-corrected chi connectivity index (χ3v) is 3.65. The first kappa shape index (κ1) is 21.0. The molecule has 1 amide bonds. The first-order chi connectivity index (χ1) is 11.4. The van der Waals surface area contributed by atoms with Gasteiger partial charge in [-0.05, 0) is 62.8 Å². The molecule has 1 N–H and O–H groups in total. The van der Waals surface area contributed by atoms with Gasteiger partial charge in [0, 0.05) is 5.54 Å². The van der Waals surface area contributed by atoms with Crippen molar-refractivity contribution in [1.29, 1.82) is 0 Å². The lowest BCUT2D eigenvalue weighted by Gasteiger charge is -2.33. The second-order valence-corrected chi connectivity index (χ2v) is 8.36. The molecule has 0 saturated heterocycles. The highest BCUT2D eigenvalue weighted by molar-refractivity contribution is 5.81. The summed E-state index contributed by atoms with van der Waals surface area (Å²) in [5.74, 6) is -0.272. The van der Waals surface area contributed by atoms with Gasteiger partial charge in [0.2, 0.25) is 0 Å². The Hall–Kier alpha value is -2.04. The maximum Gasteiger partial charge on any atom is 0.344 e. The van der Waals surface area contributed by atoms with Gasteiger partial charge in [-0.2, -0.15) is 0 Å². The summed E-state index contributed by atoms with van der Waals surface area (Å²) >= 11 is 0. The van der Waals surface area contributed by atoms with Gasteiger partial charge in [0.15, 0.2) is 13.2 Å². The van der Waals surface area contributed by atoms with E-state index in [1.165, 1.54) is 0 Å². The largest absolute Gasteiger partial charge is 0.482 e. The van der Waals surface area contributed by atoms with Crippen molar-refractivity contribution in [3.63, 3.8) is 0 Å². The molecule has 0 aliphatic carbocycles. The Morgan fingerprint density at radius 3 is 2.20 bits per heavy atom. The van der Waals surface area contributed by atoms with Crippen LogP contribution in [0.25, 0.3) is 0 Å². The van der Waals surface area contributed by atoms with E-state index in [0.29, 0.717) is 5.75 Å². The fourth-order valence-corrected chi connectivity index (χ4v) is 2.92. The second kappa shape index (κ2) is 8.37. The van der Waals surface area contributed by atoms with E-state index in [9.17, 15) is 9.59 Å². The van der Waals surface area contributed by atoms with Crippen LogP contribution in [0.3, 0.4) is 0 Å².